The highest BCUT2D eigenvalue weighted by atomic mass is 35.5. The Hall–Kier alpha value is -2.46. The number of phenols is 1. The smallest absolute Gasteiger partial charge is 0.150 e. The lowest BCUT2D eigenvalue weighted by Crippen LogP contribution is -2.26. The van der Waals surface area contributed by atoms with Crippen molar-refractivity contribution in [1.29, 1.82) is 0 Å². The topological polar surface area (TPSA) is 50.1 Å². The number of halogens is 1. The van der Waals surface area contributed by atoms with Crippen LogP contribution in [0.1, 0.15) is 38.1 Å². The largest absolute Gasteiger partial charge is 0.507 e. The molecule has 0 spiro atoms. The number of anilines is 1. The first-order valence-electron chi connectivity index (χ1n) is 8.28. The predicted octanol–water partition coefficient (Wildman–Crippen LogP) is 5.18. The fraction of sp³-hybridized carbons (Fsp3) is 0.250. The fourth-order valence-electron chi connectivity index (χ4n) is 3.40. The highest BCUT2D eigenvalue weighted by Crippen LogP contribution is 2.43. The number of hydrogen-bond acceptors (Lipinski definition) is 3. The van der Waals surface area contributed by atoms with Crippen LogP contribution in [-0.4, -0.2) is 14.9 Å². The van der Waals surface area contributed by atoms with Gasteiger partial charge in [-0.05, 0) is 35.2 Å². The fourth-order valence-corrected chi connectivity index (χ4v) is 3.57. The molecule has 2 aromatic carbocycles. The normalized spacial score (nSPS) is 16.1. The molecule has 2 heterocycles. The van der Waals surface area contributed by atoms with Gasteiger partial charge in [0, 0.05) is 28.0 Å². The number of fused-ring (bicyclic) bond motifs is 3. The lowest BCUT2D eigenvalue weighted by atomic mass is 9.84. The van der Waals surface area contributed by atoms with Crippen LogP contribution >= 0.6 is 11.6 Å². The van der Waals surface area contributed by atoms with Crippen molar-refractivity contribution in [1.82, 2.24) is 9.78 Å². The summed E-state index contributed by atoms with van der Waals surface area (Å²) in [7, 11) is 0. The number of aromatic nitrogens is 2. The van der Waals surface area contributed by atoms with E-state index in [-0.39, 0.29) is 11.6 Å². The molecule has 4 nitrogen and oxygen atoms in total. The number of benzene rings is 2. The molecular formula is C20H20ClN3O. The minimum atomic E-state index is -0.293. The Balaban J connectivity index is 1.89. The maximum absolute atomic E-state index is 10.9. The molecule has 5 heteroatoms. The lowest BCUT2D eigenvalue weighted by Gasteiger charge is -2.31. The Morgan fingerprint density at radius 3 is 2.72 bits per heavy atom. The van der Waals surface area contributed by atoms with Crippen LogP contribution in [0.25, 0.3) is 11.3 Å². The van der Waals surface area contributed by atoms with E-state index in [1.807, 2.05) is 47.1 Å². The Bertz CT molecular complexity index is 956. The van der Waals surface area contributed by atoms with E-state index in [9.17, 15) is 5.11 Å². The summed E-state index contributed by atoms with van der Waals surface area (Å²) in [5, 5.41) is 19.6. The predicted molar refractivity (Wildman–Crippen MR) is 101 cm³/mol. The molecule has 128 valence electrons. The third-order valence-electron chi connectivity index (χ3n) is 4.63. The van der Waals surface area contributed by atoms with Gasteiger partial charge in [-0.1, -0.05) is 50.6 Å². The summed E-state index contributed by atoms with van der Waals surface area (Å²) in [5.41, 5.74) is 4.54. The van der Waals surface area contributed by atoms with Crippen molar-refractivity contribution in [2.24, 2.45) is 0 Å². The number of hydrogen-bond donors (Lipinski definition) is 2. The zero-order valence-electron chi connectivity index (χ0n) is 14.4. The summed E-state index contributed by atoms with van der Waals surface area (Å²) in [6, 6.07) is 13.6. The van der Waals surface area contributed by atoms with Gasteiger partial charge in [0.25, 0.3) is 0 Å². The first-order chi connectivity index (χ1) is 11.9. The van der Waals surface area contributed by atoms with E-state index >= 15 is 0 Å². The summed E-state index contributed by atoms with van der Waals surface area (Å²) in [4.78, 5) is 0. The number of nitrogens with zero attached hydrogens (tertiary/aromatic N) is 2. The first-order valence-corrected chi connectivity index (χ1v) is 8.66. The van der Waals surface area contributed by atoms with E-state index in [1.54, 1.807) is 6.20 Å². The van der Waals surface area contributed by atoms with E-state index in [1.165, 1.54) is 0 Å². The first kappa shape index (κ1) is 16.0. The van der Waals surface area contributed by atoms with Crippen LogP contribution in [-0.2, 0) is 5.41 Å². The second-order valence-electron chi connectivity index (χ2n) is 7.39. The SMILES string of the molecule is CC(C)(C)c1cccc(C2Nc3cc(Cl)ccc3-c3ccnn32)c1O. The van der Waals surface area contributed by atoms with E-state index < -0.39 is 0 Å². The molecule has 0 radical (unpaired) electrons. The van der Waals surface area contributed by atoms with Crippen molar-refractivity contribution in [3.63, 3.8) is 0 Å². The molecule has 2 N–H and O–H groups in total. The summed E-state index contributed by atoms with van der Waals surface area (Å²) in [5.74, 6) is 0.305. The molecule has 0 bridgehead atoms. The summed E-state index contributed by atoms with van der Waals surface area (Å²) >= 11 is 6.18. The molecule has 0 aliphatic carbocycles. The van der Waals surface area contributed by atoms with Gasteiger partial charge >= 0.3 is 0 Å². The van der Waals surface area contributed by atoms with Crippen molar-refractivity contribution >= 4 is 17.3 Å². The maximum Gasteiger partial charge on any atom is 0.150 e. The quantitative estimate of drug-likeness (QED) is 0.633. The second-order valence-corrected chi connectivity index (χ2v) is 7.83. The third-order valence-corrected chi connectivity index (χ3v) is 4.87. The molecule has 0 amide bonds. The summed E-state index contributed by atoms with van der Waals surface area (Å²) in [6.07, 6.45) is 1.48. The zero-order valence-corrected chi connectivity index (χ0v) is 15.2. The van der Waals surface area contributed by atoms with E-state index in [0.717, 1.165) is 28.1 Å². The standard InChI is InChI=1S/C20H20ClN3O/c1-20(2,3)15-6-4-5-14(18(15)25)19-23-16-11-12(21)7-8-13(16)17-9-10-22-24(17)19/h4-11,19,23,25H,1-3H3. The van der Waals surface area contributed by atoms with Crippen molar-refractivity contribution in [2.75, 3.05) is 5.32 Å². The van der Waals surface area contributed by atoms with Crippen LogP contribution in [0, 0.1) is 0 Å². The highest BCUT2D eigenvalue weighted by molar-refractivity contribution is 6.31. The molecule has 0 fully saturated rings. The Morgan fingerprint density at radius 1 is 1.16 bits per heavy atom. The summed E-state index contributed by atoms with van der Waals surface area (Å²) < 4.78 is 1.90. The van der Waals surface area contributed by atoms with Crippen molar-refractivity contribution in [2.45, 2.75) is 32.4 Å². The van der Waals surface area contributed by atoms with Crippen molar-refractivity contribution in [3.8, 4) is 17.0 Å². The molecule has 4 rings (SSSR count). The molecule has 25 heavy (non-hydrogen) atoms. The Kier molecular flexibility index (Phi) is 3.55. The molecule has 0 saturated heterocycles. The minimum Gasteiger partial charge on any atom is -0.507 e. The second kappa shape index (κ2) is 5.53. The van der Waals surface area contributed by atoms with Gasteiger partial charge in [-0.3, -0.25) is 0 Å². The van der Waals surface area contributed by atoms with Crippen molar-refractivity contribution in [3.05, 3.63) is 64.8 Å². The van der Waals surface area contributed by atoms with Crippen LogP contribution < -0.4 is 5.32 Å². The summed E-state index contributed by atoms with van der Waals surface area (Å²) in [6.45, 7) is 6.28. The molecule has 1 aliphatic rings. The monoisotopic (exact) mass is 353 g/mol. The van der Waals surface area contributed by atoms with E-state index in [4.69, 9.17) is 11.6 Å². The average molecular weight is 354 g/mol. The molecule has 1 atom stereocenters. The van der Waals surface area contributed by atoms with Gasteiger partial charge in [0.05, 0.1) is 5.69 Å². The highest BCUT2D eigenvalue weighted by Gasteiger charge is 2.29. The van der Waals surface area contributed by atoms with Crippen LogP contribution in [0.3, 0.4) is 0 Å². The Morgan fingerprint density at radius 2 is 1.96 bits per heavy atom. The van der Waals surface area contributed by atoms with Gasteiger partial charge in [0.2, 0.25) is 0 Å². The van der Waals surface area contributed by atoms with Gasteiger partial charge < -0.3 is 10.4 Å². The van der Waals surface area contributed by atoms with Crippen LogP contribution in [0.2, 0.25) is 5.02 Å². The number of para-hydroxylation sites is 1. The zero-order chi connectivity index (χ0) is 17.8. The van der Waals surface area contributed by atoms with E-state index in [0.29, 0.717) is 10.8 Å². The van der Waals surface area contributed by atoms with Gasteiger partial charge in [-0.25, -0.2) is 4.68 Å². The molecule has 3 aromatic rings. The van der Waals surface area contributed by atoms with E-state index in [2.05, 4.69) is 31.2 Å². The number of aromatic hydroxyl groups is 1. The third kappa shape index (κ3) is 2.57. The van der Waals surface area contributed by atoms with Gasteiger partial charge in [-0.2, -0.15) is 5.10 Å². The maximum atomic E-state index is 10.9. The molecular weight excluding hydrogens is 334 g/mol. The minimum absolute atomic E-state index is 0.150. The molecule has 1 aromatic heterocycles. The van der Waals surface area contributed by atoms with Gasteiger partial charge in [0.15, 0.2) is 6.17 Å². The number of rotatable bonds is 1. The molecule has 1 unspecified atom stereocenters. The molecule has 0 saturated carbocycles. The van der Waals surface area contributed by atoms with Crippen molar-refractivity contribution < 1.29 is 5.11 Å². The lowest BCUT2D eigenvalue weighted by molar-refractivity contribution is 0.428. The number of phenolic OH excluding ortho intramolecular Hbond substituents is 1. The van der Waals surface area contributed by atoms with Crippen LogP contribution in [0.4, 0.5) is 5.69 Å². The Labute approximate surface area is 152 Å². The van der Waals surface area contributed by atoms with Gasteiger partial charge in [0.1, 0.15) is 5.75 Å². The number of nitrogens with one attached hydrogen (secondary N) is 1. The average Bonchev–Trinajstić information content (AvgIpc) is 3.02. The van der Waals surface area contributed by atoms with Crippen LogP contribution in [0.5, 0.6) is 5.75 Å². The molecule has 1 aliphatic heterocycles. The van der Waals surface area contributed by atoms with Gasteiger partial charge in [-0.15, -0.1) is 0 Å². The van der Waals surface area contributed by atoms with Crippen LogP contribution in [0.15, 0.2) is 48.7 Å².